The van der Waals surface area contributed by atoms with Crippen LogP contribution < -0.4 is 0 Å². The molecule has 1 N–H and O–H groups in total. The SMILES string of the molecule is O=C(O)COC1CCCCC1(F)F. The molecule has 1 fully saturated rings. The summed E-state index contributed by atoms with van der Waals surface area (Å²) in [6, 6.07) is 0. The average Bonchev–Trinajstić information content (AvgIpc) is 2.01. The van der Waals surface area contributed by atoms with Gasteiger partial charge in [0, 0.05) is 6.42 Å². The normalized spacial score (nSPS) is 27.1. The standard InChI is InChI=1S/C8H12F2O3/c9-8(10)4-2-1-3-6(8)13-5-7(11)12/h6H,1-5H2,(H,11,12). The highest BCUT2D eigenvalue weighted by Crippen LogP contribution is 2.35. The van der Waals surface area contributed by atoms with Crippen LogP contribution >= 0.6 is 0 Å². The molecule has 5 heteroatoms. The lowest BCUT2D eigenvalue weighted by Crippen LogP contribution is -2.39. The zero-order chi connectivity index (χ0) is 9.90. The molecule has 0 bridgehead atoms. The van der Waals surface area contributed by atoms with E-state index in [-0.39, 0.29) is 12.8 Å². The number of halogens is 2. The Morgan fingerprint density at radius 3 is 2.77 bits per heavy atom. The van der Waals surface area contributed by atoms with Crippen molar-refractivity contribution in [3.8, 4) is 0 Å². The molecule has 1 aliphatic carbocycles. The van der Waals surface area contributed by atoms with Crippen molar-refractivity contribution in [2.45, 2.75) is 37.7 Å². The van der Waals surface area contributed by atoms with Crippen LogP contribution in [0.25, 0.3) is 0 Å². The lowest BCUT2D eigenvalue weighted by molar-refractivity contribution is -0.171. The number of aliphatic carboxylic acids is 1. The number of carbonyl (C=O) groups is 1. The van der Waals surface area contributed by atoms with Crippen LogP contribution in [0.2, 0.25) is 0 Å². The van der Waals surface area contributed by atoms with E-state index < -0.39 is 24.6 Å². The van der Waals surface area contributed by atoms with Gasteiger partial charge in [-0.1, -0.05) is 6.42 Å². The second kappa shape index (κ2) is 4.00. The Labute approximate surface area is 74.7 Å². The summed E-state index contributed by atoms with van der Waals surface area (Å²) in [5, 5.41) is 8.24. The number of ether oxygens (including phenoxy) is 1. The van der Waals surface area contributed by atoms with Crippen LogP contribution in [-0.2, 0) is 9.53 Å². The van der Waals surface area contributed by atoms with E-state index in [0.29, 0.717) is 12.8 Å². The van der Waals surface area contributed by atoms with Crippen LogP contribution in [0.3, 0.4) is 0 Å². The van der Waals surface area contributed by atoms with Gasteiger partial charge in [-0.25, -0.2) is 13.6 Å². The van der Waals surface area contributed by atoms with Gasteiger partial charge in [0.05, 0.1) is 0 Å². The predicted molar refractivity (Wildman–Crippen MR) is 40.8 cm³/mol. The molecule has 1 atom stereocenters. The van der Waals surface area contributed by atoms with Crippen molar-refractivity contribution >= 4 is 5.97 Å². The van der Waals surface area contributed by atoms with Crippen molar-refractivity contribution in [3.63, 3.8) is 0 Å². The molecule has 0 amide bonds. The van der Waals surface area contributed by atoms with Gasteiger partial charge in [-0.2, -0.15) is 0 Å². The summed E-state index contributed by atoms with van der Waals surface area (Å²) in [5.74, 6) is -4.06. The fourth-order valence-corrected chi connectivity index (χ4v) is 1.44. The Hall–Kier alpha value is -0.710. The first-order chi connectivity index (χ1) is 6.02. The van der Waals surface area contributed by atoms with E-state index in [1.165, 1.54) is 0 Å². The van der Waals surface area contributed by atoms with E-state index >= 15 is 0 Å². The quantitative estimate of drug-likeness (QED) is 0.743. The van der Waals surface area contributed by atoms with Crippen molar-refractivity contribution in [1.82, 2.24) is 0 Å². The number of carboxylic acids is 1. The molecule has 0 aliphatic heterocycles. The lowest BCUT2D eigenvalue weighted by atomic mass is 9.94. The van der Waals surface area contributed by atoms with E-state index in [2.05, 4.69) is 4.74 Å². The number of alkyl halides is 2. The maximum atomic E-state index is 13.0. The molecule has 0 aromatic carbocycles. The van der Waals surface area contributed by atoms with Gasteiger partial charge in [-0.3, -0.25) is 0 Å². The molecule has 0 radical (unpaired) electrons. The van der Waals surface area contributed by atoms with Gasteiger partial charge >= 0.3 is 5.97 Å². The third-order valence-corrected chi connectivity index (χ3v) is 2.11. The maximum Gasteiger partial charge on any atom is 0.329 e. The molecule has 1 aliphatic rings. The molecule has 0 heterocycles. The highest BCUT2D eigenvalue weighted by molar-refractivity contribution is 5.68. The van der Waals surface area contributed by atoms with Crippen LogP contribution in [0, 0.1) is 0 Å². The second-order valence-electron chi connectivity index (χ2n) is 3.20. The summed E-state index contributed by atoms with van der Waals surface area (Å²) in [4.78, 5) is 10.1. The van der Waals surface area contributed by atoms with Crippen LogP contribution in [0.15, 0.2) is 0 Å². The van der Waals surface area contributed by atoms with Gasteiger partial charge in [-0.05, 0) is 12.8 Å². The molecule has 3 nitrogen and oxygen atoms in total. The molecule has 1 rings (SSSR count). The summed E-state index contributed by atoms with van der Waals surface area (Å²) in [7, 11) is 0. The third-order valence-electron chi connectivity index (χ3n) is 2.11. The molecule has 13 heavy (non-hydrogen) atoms. The first-order valence-electron chi connectivity index (χ1n) is 4.23. The smallest absolute Gasteiger partial charge is 0.329 e. The average molecular weight is 194 g/mol. The third kappa shape index (κ3) is 2.91. The molecular formula is C8H12F2O3. The number of carboxylic acid groups (broad SMARTS) is 1. The summed E-state index contributed by atoms with van der Waals surface area (Å²) < 4.78 is 30.6. The van der Waals surface area contributed by atoms with E-state index in [4.69, 9.17) is 5.11 Å². The molecule has 1 saturated carbocycles. The highest BCUT2D eigenvalue weighted by atomic mass is 19.3. The van der Waals surface area contributed by atoms with Gasteiger partial charge in [0.25, 0.3) is 5.92 Å². The van der Waals surface area contributed by atoms with Gasteiger partial charge in [0.1, 0.15) is 12.7 Å². The molecule has 0 aromatic heterocycles. The predicted octanol–water partition coefficient (Wildman–Crippen LogP) is 1.67. The monoisotopic (exact) mass is 194 g/mol. The number of hydrogen-bond acceptors (Lipinski definition) is 2. The molecule has 1 unspecified atom stereocenters. The summed E-state index contributed by atoms with van der Waals surface area (Å²) in [5.41, 5.74) is 0. The van der Waals surface area contributed by atoms with Crippen LogP contribution in [-0.4, -0.2) is 29.7 Å². The first kappa shape index (κ1) is 10.4. The highest BCUT2D eigenvalue weighted by Gasteiger charge is 2.42. The fourth-order valence-electron chi connectivity index (χ4n) is 1.44. The minimum Gasteiger partial charge on any atom is -0.480 e. The first-order valence-corrected chi connectivity index (χ1v) is 4.23. The molecule has 0 saturated heterocycles. The van der Waals surface area contributed by atoms with Crippen LogP contribution in [0.4, 0.5) is 8.78 Å². The topological polar surface area (TPSA) is 46.5 Å². The maximum absolute atomic E-state index is 13.0. The minimum absolute atomic E-state index is 0.197. The Kier molecular flexibility index (Phi) is 3.19. The second-order valence-corrected chi connectivity index (χ2v) is 3.20. The van der Waals surface area contributed by atoms with Crippen molar-refractivity contribution in [2.24, 2.45) is 0 Å². The fraction of sp³-hybridized carbons (Fsp3) is 0.875. The molecule has 0 spiro atoms. The Bertz CT molecular complexity index is 194. The number of rotatable bonds is 3. The van der Waals surface area contributed by atoms with E-state index in [0.717, 1.165) is 0 Å². The summed E-state index contributed by atoms with van der Waals surface area (Å²) in [6.07, 6.45) is 0.00883. The van der Waals surface area contributed by atoms with Gasteiger partial charge in [0.2, 0.25) is 0 Å². The van der Waals surface area contributed by atoms with Gasteiger partial charge < -0.3 is 9.84 Å². The zero-order valence-electron chi connectivity index (χ0n) is 7.13. The van der Waals surface area contributed by atoms with E-state index in [1.54, 1.807) is 0 Å². The Morgan fingerprint density at radius 1 is 1.54 bits per heavy atom. The Morgan fingerprint density at radius 2 is 2.23 bits per heavy atom. The molecular weight excluding hydrogens is 182 g/mol. The van der Waals surface area contributed by atoms with Crippen molar-refractivity contribution in [1.29, 1.82) is 0 Å². The van der Waals surface area contributed by atoms with Crippen molar-refractivity contribution in [3.05, 3.63) is 0 Å². The largest absolute Gasteiger partial charge is 0.480 e. The van der Waals surface area contributed by atoms with E-state index in [9.17, 15) is 13.6 Å². The molecule has 76 valence electrons. The van der Waals surface area contributed by atoms with Gasteiger partial charge in [-0.15, -0.1) is 0 Å². The van der Waals surface area contributed by atoms with Crippen molar-refractivity contribution < 1.29 is 23.4 Å². The lowest BCUT2D eigenvalue weighted by Gasteiger charge is -2.30. The van der Waals surface area contributed by atoms with Gasteiger partial charge in [0.15, 0.2) is 0 Å². The summed E-state index contributed by atoms with van der Waals surface area (Å²) >= 11 is 0. The van der Waals surface area contributed by atoms with Crippen molar-refractivity contribution in [2.75, 3.05) is 6.61 Å². The zero-order valence-corrected chi connectivity index (χ0v) is 7.13. The van der Waals surface area contributed by atoms with E-state index in [1.807, 2.05) is 0 Å². The minimum atomic E-state index is -2.85. The summed E-state index contributed by atoms with van der Waals surface area (Å²) in [6.45, 7) is -0.639. The number of hydrogen-bond donors (Lipinski definition) is 1. The Balaban J connectivity index is 2.41. The van der Waals surface area contributed by atoms with Crippen LogP contribution in [0.5, 0.6) is 0 Å². The molecule has 0 aromatic rings. The van der Waals surface area contributed by atoms with Crippen LogP contribution in [0.1, 0.15) is 25.7 Å².